The fourth-order valence-corrected chi connectivity index (χ4v) is 2.13. The highest BCUT2D eigenvalue weighted by Crippen LogP contribution is 2.41. The van der Waals surface area contributed by atoms with Crippen molar-refractivity contribution < 1.29 is 5.11 Å². The first kappa shape index (κ1) is 7.32. The molecule has 11 heavy (non-hydrogen) atoms. The van der Waals surface area contributed by atoms with Crippen LogP contribution in [0.1, 0.15) is 17.5 Å². The van der Waals surface area contributed by atoms with E-state index in [-0.39, 0.29) is 0 Å². The highest BCUT2D eigenvalue weighted by Gasteiger charge is 2.32. The molecule has 1 aromatic carbocycles. The highest BCUT2D eigenvalue weighted by molar-refractivity contribution is 9.09. The number of hydrogen-bond acceptors (Lipinski definition) is 1. The van der Waals surface area contributed by atoms with Crippen molar-refractivity contribution in [1.82, 2.24) is 0 Å². The van der Waals surface area contributed by atoms with Gasteiger partial charge in [0.2, 0.25) is 0 Å². The third-order valence-electron chi connectivity index (χ3n) is 2.16. The zero-order valence-electron chi connectivity index (χ0n) is 6.05. The summed E-state index contributed by atoms with van der Waals surface area (Å²) in [6.45, 7) is 0. The van der Waals surface area contributed by atoms with Gasteiger partial charge in [0, 0.05) is 0 Å². The van der Waals surface area contributed by atoms with Gasteiger partial charge in [0.05, 0.1) is 0 Å². The molecule has 0 saturated heterocycles. The lowest BCUT2D eigenvalue weighted by molar-refractivity contribution is 0.148. The summed E-state index contributed by atoms with van der Waals surface area (Å²) in [7, 11) is 0. The Balaban J connectivity index is 2.56. The van der Waals surface area contributed by atoms with Crippen LogP contribution in [0.25, 0.3) is 0 Å². The summed E-state index contributed by atoms with van der Waals surface area (Å²) in [5, 5.41) is 9.76. The molecule has 0 fully saturated rings. The molecule has 58 valence electrons. The lowest BCUT2D eigenvalue weighted by Crippen LogP contribution is -2.11. The summed E-state index contributed by atoms with van der Waals surface area (Å²) in [5.74, 6) is 0. The Hall–Kier alpha value is -0.340. The molecule has 0 heterocycles. The van der Waals surface area contributed by atoms with E-state index in [4.69, 9.17) is 0 Å². The Bertz CT molecular complexity index is 281. The first-order chi connectivity index (χ1) is 5.20. The quantitative estimate of drug-likeness (QED) is 0.655. The summed E-state index contributed by atoms with van der Waals surface area (Å²) in [5.41, 5.74) is 2.28. The summed E-state index contributed by atoms with van der Waals surface area (Å²) in [6, 6.07) is 8.00. The summed E-state index contributed by atoms with van der Waals surface area (Å²) in [6.07, 6.45) is 1.75. The van der Waals surface area contributed by atoms with Gasteiger partial charge in [-0.1, -0.05) is 24.3 Å². The topological polar surface area (TPSA) is 20.2 Å². The van der Waals surface area contributed by atoms with E-state index in [1.54, 1.807) is 0 Å². The minimum Gasteiger partial charge on any atom is -0.375 e. The van der Waals surface area contributed by atoms with E-state index < -0.39 is 4.51 Å². The van der Waals surface area contributed by atoms with E-state index in [1.807, 2.05) is 18.2 Å². The van der Waals surface area contributed by atoms with Crippen LogP contribution >= 0.6 is 15.9 Å². The SMILES string of the molecule is O[C@]1(Br)CCc2ccccc21. The molecule has 1 aromatic rings. The first-order valence-corrected chi connectivity index (χ1v) is 4.49. The molecular weight excluding hydrogens is 204 g/mol. The molecular formula is C9H9BrO. The van der Waals surface area contributed by atoms with Gasteiger partial charge in [-0.25, -0.2) is 0 Å². The second-order valence-corrected chi connectivity index (χ2v) is 4.23. The van der Waals surface area contributed by atoms with Crippen LogP contribution in [0.5, 0.6) is 0 Å². The third-order valence-corrected chi connectivity index (χ3v) is 2.98. The van der Waals surface area contributed by atoms with Crippen molar-refractivity contribution in [2.75, 3.05) is 0 Å². The number of hydrogen-bond donors (Lipinski definition) is 1. The second kappa shape index (κ2) is 2.32. The molecule has 0 aromatic heterocycles. The second-order valence-electron chi connectivity index (χ2n) is 2.92. The molecule has 1 N–H and O–H groups in total. The Labute approximate surface area is 74.2 Å². The number of halogens is 1. The van der Waals surface area contributed by atoms with E-state index >= 15 is 0 Å². The van der Waals surface area contributed by atoms with E-state index in [1.165, 1.54) is 5.56 Å². The fraction of sp³-hybridized carbons (Fsp3) is 0.333. The molecule has 2 heteroatoms. The van der Waals surface area contributed by atoms with Gasteiger partial charge in [0.25, 0.3) is 0 Å². The number of aliphatic hydroxyl groups is 1. The average molecular weight is 213 g/mol. The minimum atomic E-state index is -0.760. The Morgan fingerprint density at radius 1 is 1.36 bits per heavy atom. The van der Waals surface area contributed by atoms with Crippen molar-refractivity contribution in [3.8, 4) is 0 Å². The molecule has 0 spiro atoms. The first-order valence-electron chi connectivity index (χ1n) is 3.70. The van der Waals surface area contributed by atoms with Gasteiger partial charge in [-0.2, -0.15) is 0 Å². The van der Waals surface area contributed by atoms with Crippen LogP contribution in [0, 0.1) is 0 Å². The maximum Gasteiger partial charge on any atom is 0.145 e. The number of fused-ring (bicyclic) bond motifs is 1. The van der Waals surface area contributed by atoms with Crippen molar-refractivity contribution in [2.45, 2.75) is 17.4 Å². The zero-order chi connectivity index (χ0) is 7.90. The lowest BCUT2D eigenvalue weighted by atomic mass is 10.1. The smallest absolute Gasteiger partial charge is 0.145 e. The lowest BCUT2D eigenvalue weighted by Gasteiger charge is -2.14. The van der Waals surface area contributed by atoms with E-state index in [0.29, 0.717) is 0 Å². The van der Waals surface area contributed by atoms with Gasteiger partial charge in [-0.15, -0.1) is 0 Å². The van der Waals surface area contributed by atoms with Crippen molar-refractivity contribution >= 4 is 15.9 Å². The van der Waals surface area contributed by atoms with Crippen LogP contribution in [-0.2, 0) is 10.9 Å². The number of alkyl halides is 1. The van der Waals surface area contributed by atoms with Crippen LogP contribution in [-0.4, -0.2) is 5.11 Å². The standard InChI is InChI=1S/C9H9BrO/c10-9(11)6-5-7-3-1-2-4-8(7)9/h1-4,11H,5-6H2/t9-/m1/s1. The zero-order valence-corrected chi connectivity index (χ0v) is 7.63. The maximum atomic E-state index is 9.76. The van der Waals surface area contributed by atoms with Crippen LogP contribution in [0.15, 0.2) is 24.3 Å². The van der Waals surface area contributed by atoms with Gasteiger partial charge in [-0.05, 0) is 39.9 Å². The van der Waals surface area contributed by atoms with Crippen molar-refractivity contribution in [2.24, 2.45) is 0 Å². The Morgan fingerprint density at radius 3 is 2.82 bits per heavy atom. The molecule has 2 rings (SSSR count). The van der Waals surface area contributed by atoms with E-state index in [2.05, 4.69) is 22.0 Å². The molecule has 0 unspecified atom stereocenters. The molecule has 1 aliphatic rings. The van der Waals surface area contributed by atoms with Gasteiger partial charge < -0.3 is 5.11 Å². The molecule has 1 aliphatic carbocycles. The normalized spacial score (nSPS) is 28.5. The number of rotatable bonds is 0. The highest BCUT2D eigenvalue weighted by atomic mass is 79.9. The average Bonchev–Trinajstić information content (AvgIpc) is 2.29. The van der Waals surface area contributed by atoms with Crippen molar-refractivity contribution in [3.05, 3.63) is 35.4 Å². The minimum absolute atomic E-state index is 0.760. The van der Waals surface area contributed by atoms with Gasteiger partial charge in [-0.3, -0.25) is 0 Å². The van der Waals surface area contributed by atoms with Crippen LogP contribution in [0.4, 0.5) is 0 Å². The van der Waals surface area contributed by atoms with Gasteiger partial charge in [0.15, 0.2) is 0 Å². The third kappa shape index (κ3) is 1.10. The van der Waals surface area contributed by atoms with Crippen molar-refractivity contribution in [3.63, 3.8) is 0 Å². The summed E-state index contributed by atoms with van der Waals surface area (Å²) < 4.78 is -0.760. The molecule has 0 aliphatic heterocycles. The Morgan fingerprint density at radius 2 is 2.09 bits per heavy atom. The molecule has 1 atom stereocenters. The van der Waals surface area contributed by atoms with Gasteiger partial charge >= 0.3 is 0 Å². The molecule has 1 nitrogen and oxygen atoms in total. The predicted octanol–water partition coefficient (Wildman–Crippen LogP) is 2.17. The van der Waals surface area contributed by atoms with Gasteiger partial charge in [0.1, 0.15) is 4.51 Å². The van der Waals surface area contributed by atoms with E-state index in [0.717, 1.165) is 18.4 Å². The van der Waals surface area contributed by atoms with E-state index in [9.17, 15) is 5.11 Å². The Kier molecular flexibility index (Phi) is 1.55. The van der Waals surface area contributed by atoms with Crippen LogP contribution in [0.2, 0.25) is 0 Å². The predicted molar refractivity (Wildman–Crippen MR) is 47.6 cm³/mol. The number of benzene rings is 1. The van der Waals surface area contributed by atoms with Crippen molar-refractivity contribution in [1.29, 1.82) is 0 Å². The fourth-order valence-electron chi connectivity index (χ4n) is 1.55. The van der Waals surface area contributed by atoms with Crippen LogP contribution in [0.3, 0.4) is 0 Å². The molecule has 0 amide bonds. The maximum absolute atomic E-state index is 9.76. The monoisotopic (exact) mass is 212 g/mol. The largest absolute Gasteiger partial charge is 0.375 e. The number of aryl methyl sites for hydroxylation is 1. The molecule has 0 bridgehead atoms. The molecule has 0 radical (unpaired) electrons. The summed E-state index contributed by atoms with van der Waals surface area (Å²) in [4.78, 5) is 0. The van der Waals surface area contributed by atoms with Crippen LogP contribution < -0.4 is 0 Å². The molecule has 0 saturated carbocycles. The summed E-state index contributed by atoms with van der Waals surface area (Å²) >= 11 is 3.30.